The lowest BCUT2D eigenvalue weighted by molar-refractivity contribution is 0.254. The Labute approximate surface area is 118 Å². The van der Waals surface area contributed by atoms with Gasteiger partial charge in [0.15, 0.2) is 0 Å². The number of nitrogens with two attached hydrogens (primary N) is 1. The van der Waals surface area contributed by atoms with Crippen LogP contribution in [-0.2, 0) is 12.8 Å². The normalized spacial score (nSPS) is 18.4. The van der Waals surface area contributed by atoms with E-state index in [0.29, 0.717) is 6.42 Å². The van der Waals surface area contributed by atoms with Gasteiger partial charge in [0.2, 0.25) is 0 Å². The molecule has 0 spiro atoms. The van der Waals surface area contributed by atoms with Crippen molar-refractivity contribution in [1.29, 1.82) is 0 Å². The first-order chi connectivity index (χ1) is 9.61. The van der Waals surface area contributed by atoms with Crippen LogP contribution in [0.1, 0.15) is 29.7 Å². The number of fused-ring (bicyclic) bond motifs is 1. The van der Waals surface area contributed by atoms with Gasteiger partial charge in [0.25, 0.3) is 0 Å². The highest BCUT2D eigenvalue weighted by molar-refractivity contribution is 5.41. The van der Waals surface area contributed by atoms with E-state index in [-0.39, 0.29) is 18.0 Å². The van der Waals surface area contributed by atoms with Gasteiger partial charge < -0.3 is 10.5 Å². The lowest BCUT2D eigenvalue weighted by Crippen LogP contribution is -2.13. The maximum Gasteiger partial charge on any atom is 0.123 e. The van der Waals surface area contributed by atoms with Gasteiger partial charge in [-0.25, -0.2) is 4.39 Å². The first kappa shape index (κ1) is 13.1. The number of benzene rings is 2. The van der Waals surface area contributed by atoms with Crippen LogP contribution in [0.25, 0.3) is 0 Å². The number of rotatable bonds is 3. The fourth-order valence-corrected chi connectivity index (χ4v) is 2.71. The summed E-state index contributed by atoms with van der Waals surface area (Å²) in [6.45, 7) is 2.06. The minimum atomic E-state index is -0.217. The van der Waals surface area contributed by atoms with Gasteiger partial charge in [-0.1, -0.05) is 24.3 Å². The van der Waals surface area contributed by atoms with E-state index in [0.717, 1.165) is 23.3 Å². The minimum absolute atomic E-state index is 0.127. The molecule has 2 N–H and O–H groups in total. The Balaban J connectivity index is 1.78. The van der Waals surface area contributed by atoms with Gasteiger partial charge in [-0.15, -0.1) is 0 Å². The molecule has 104 valence electrons. The molecule has 0 saturated carbocycles. The summed E-state index contributed by atoms with van der Waals surface area (Å²) in [5.41, 5.74) is 9.45. The molecule has 0 saturated heterocycles. The van der Waals surface area contributed by atoms with Crippen molar-refractivity contribution in [2.24, 2.45) is 5.73 Å². The number of halogens is 1. The van der Waals surface area contributed by atoms with Gasteiger partial charge in [-0.3, -0.25) is 0 Å². The third-order valence-corrected chi connectivity index (χ3v) is 3.69. The summed E-state index contributed by atoms with van der Waals surface area (Å²) in [6, 6.07) is 12.6. The second-order valence-electron chi connectivity index (χ2n) is 5.44. The second-order valence-corrected chi connectivity index (χ2v) is 5.44. The molecule has 0 amide bonds. The molecule has 0 aliphatic carbocycles. The fraction of sp³-hybridized carbons (Fsp3) is 0.294. The highest BCUT2D eigenvalue weighted by Crippen LogP contribution is 2.31. The van der Waals surface area contributed by atoms with E-state index in [2.05, 4.69) is 13.0 Å². The maximum absolute atomic E-state index is 13.2. The zero-order valence-electron chi connectivity index (χ0n) is 11.5. The highest BCUT2D eigenvalue weighted by atomic mass is 19.1. The topological polar surface area (TPSA) is 35.2 Å². The standard InChI is InChI=1S/C17H18FNO/c1-11-7-14-10-13(5-6-17(14)20-11)16(19)9-12-3-2-4-15(18)8-12/h2-6,8,10-11,16H,7,9,19H2,1H3. The zero-order chi connectivity index (χ0) is 14.1. The molecular formula is C17H18FNO. The Hall–Kier alpha value is -1.87. The smallest absolute Gasteiger partial charge is 0.123 e. The number of ether oxygens (including phenoxy) is 1. The van der Waals surface area contributed by atoms with Crippen molar-refractivity contribution < 1.29 is 9.13 Å². The van der Waals surface area contributed by atoms with Crippen molar-refractivity contribution in [2.75, 3.05) is 0 Å². The van der Waals surface area contributed by atoms with Crippen molar-refractivity contribution in [3.05, 3.63) is 65.0 Å². The molecule has 2 aromatic carbocycles. The predicted molar refractivity (Wildman–Crippen MR) is 77.3 cm³/mol. The molecule has 2 aromatic rings. The average Bonchev–Trinajstić information content (AvgIpc) is 2.77. The number of hydrogen-bond donors (Lipinski definition) is 1. The minimum Gasteiger partial charge on any atom is -0.490 e. The van der Waals surface area contributed by atoms with Crippen molar-refractivity contribution >= 4 is 0 Å². The molecule has 2 unspecified atom stereocenters. The average molecular weight is 271 g/mol. The summed E-state index contributed by atoms with van der Waals surface area (Å²) in [7, 11) is 0. The zero-order valence-corrected chi connectivity index (χ0v) is 11.5. The molecule has 0 bridgehead atoms. The van der Waals surface area contributed by atoms with Gasteiger partial charge in [-0.05, 0) is 48.2 Å². The molecule has 2 atom stereocenters. The highest BCUT2D eigenvalue weighted by Gasteiger charge is 2.20. The summed E-state index contributed by atoms with van der Waals surface area (Å²) in [6.07, 6.45) is 1.79. The molecule has 20 heavy (non-hydrogen) atoms. The number of hydrogen-bond acceptors (Lipinski definition) is 2. The van der Waals surface area contributed by atoms with E-state index >= 15 is 0 Å². The molecular weight excluding hydrogens is 253 g/mol. The van der Waals surface area contributed by atoms with Crippen LogP contribution in [0.5, 0.6) is 5.75 Å². The molecule has 3 rings (SSSR count). The Morgan fingerprint density at radius 1 is 1.30 bits per heavy atom. The third kappa shape index (κ3) is 2.68. The molecule has 0 fully saturated rings. The first-order valence-electron chi connectivity index (χ1n) is 6.91. The van der Waals surface area contributed by atoms with Crippen LogP contribution in [0.4, 0.5) is 4.39 Å². The molecule has 2 nitrogen and oxygen atoms in total. The molecule has 3 heteroatoms. The Morgan fingerprint density at radius 2 is 2.15 bits per heavy atom. The fourth-order valence-electron chi connectivity index (χ4n) is 2.71. The van der Waals surface area contributed by atoms with Crippen LogP contribution < -0.4 is 10.5 Å². The van der Waals surface area contributed by atoms with Gasteiger partial charge in [0.1, 0.15) is 17.7 Å². The molecule has 1 heterocycles. The Morgan fingerprint density at radius 3 is 2.95 bits per heavy atom. The van der Waals surface area contributed by atoms with Crippen LogP contribution in [-0.4, -0.2) is 6.10 Å². The van der Waals surface area contributed by atoms with Gasteiger partial charge >= 0.3 is 0 Å². The SMILES string of the molecule is CC1Cc2cc(C(N)Cc3cccc(F)c3)ccc2O1. The van der Waals surface area contributed by atoms with Crippen molar-refractivity contribution in [1.82, 2.24) is 0 Å². The molecule has 0 radical (unpaired) electrons. The third-order valence-electron chi connectivity index (χ3n) is 3.69. The summed E-state index contributed by atoms with van der Waals surface area (Å²) >= 11 is 0. The molecule has 1 aliphatic heterocycles. The quantitative estimate of drug-likeness (QED) is 0.928. The van der Waals surface area contributed by atoms with E-state index in [1.807, 2.05) is 18.2 Å². The first-order valence-corrected chi connectivity index (χ1v) is 6.91. The molecule has 0 aromatic heterocycles. The van der Waals surface area contributed by atoms with E-state index in [1.165, 1.54) is 11.6 Å². The predicted octanol–water partition coefficient (Wildman–Crippen LogP) is 3.39. The summed E-state index contributed by atoms with van der Waals surface area (Å²) < 4.78 is 18.9. The van der Waals surface area contributed by atoms with Crippen molar-refractivity contribution in [2.45, 2.75) is 31.9 Å². The van der Waals surface area contributed by atoms with E-state index in [9.17, 15) is 4.39 Å². The summed E-state index contributed by atoms with van der Waals surface area (Å²) in [4.78, 5) is 0. The van der Waals surface area contributed by atoms with Crippen LogP contribution in [0, 0.1) is 5.82 Å². The van der Waals surface area contributed by atoms with E-state index < -0.39 is 0 Å². The lowest BCUT2D eigenvalue weighted by atomic mass is 9.97. The van der Waals surface area contributed by atoms with Crippen LogP contribution in [0.3, 0.4) is 0 Å². The maximum atomic E-state index is 13.2. The second kappa shape index (κ2) is 5.25. The van der Waals surface area contributed by atoms with Crippen molar-refractivity contribution in [3.8, 4) is 5.75 Å². The summed E-state index contributed by atoms with van der Waals surface area (Å²) in [5.74, 6) is 0.741. The van der Waals surface area contributed by atoms with Crippen LogP contribution in [0.15, 0.2) is 42.5 Å². The van der Waals surface area contributed by atoms with E-state index in [4.69, 9.17) is 10.5 Å². The van der Waals surface area contributed by atoms with Gasteiger partial charge in [-0.2, -0.15) is 0 Å². The Kier molecular flexibility index (Phi) is 3.45. The lowest BCUT2D eigenvalue weighted by Gasteiger charge is -2.13. The molecule has 1 aliphatic rings. The van der Waals surface area contributed by atoms with Crippen molar-refractivity contribution in [3.63, 3.8) is 0 Å². The van der Waals surface area contributed by atoms with E-state index in [1.54, 1.807) is 12.1 Å². The monoisotopic (exact) mass is 271 g/mol. The summed E-state index contributed by atoms with van der Waals surface area (Å²) in [5, 5.41) is 0. The van der Waals surface area contributed by atoms with Crippen LogP contribution in [0.2, 0.25) is 0 Å². The van der Waals surface area contributed by atoms with Crippen LogP contribution >= 0.6 is 0 Å². The Bertz CT molecular complexity index is 626. The largest absolute Gasteiger partial charge is 0.490 e. The van der Waals surface area contributed by atoms with Gasteiger partial charge in [0.05, 0.1) is 0 Å². The van der Waals surface area contributed by atoms with Gasteiger partial charge in [0, 0.05) is 12.5 Å².